The predicted octanol–water partition coefficient (Wildman–Crippen LogP) is 3.33. The molecule has 2 aromatic rings. The third-order valence-electron chi connectivity index (χ3n) is 4.90. The molecule has 32 heavy (non-hydrogen) atoms. The summed E-state index contributed by atoms with van der Waals surface area (Å²) in [5.74, 6) is -0.723. The summed E-state index contributed by atoms with van der Waals surface area (Å²) in [6.45, 7) is 5.57. The molecule has 1 aliphatic rings. The van der Waals surface area contributed by atoms with Gasteiger partial charge in [-0.3, -0.25) is 4.79 Å². The fourth-order valence-corrected chi connectivity index (χ4v) is 3.45. The van der Waals surface area contributed by atoms with Crippen molar-refractivity contribution in [2.75, 3.05) is 12.0 Å². The van der Waals surface area contributed by atoms with E-state index >= 15 is 0 Å². The van der Waals surface area contributed by atoms with Crippen LogP contribution in [0.15, 0.2) is 42.5 Å². The number of fused-ring (bicyclic) bond motifs is 1. The smallest absolute Gasteiger partial charge is 0.408 e. The fraction of sp³-hybridized carbons (Fsp3) is 0.333. The first-order chi connectivity index (χ1) is 15.1. The molecule has 1 atom stereocenters. The number of hydrogen-bond donors (Lipinski definition) is 1. The second kappa shape index (κ2) is 9.10. The lowest BCUT2D eigenvalue weighted by Crippen LogP contribution is -2.45. The van der Waals surface area contributed by atoms with E-state index in [2.05, 4.69) is 11.4 Å². The van der Waals surface area contributed by atoms with Gasteiger partial charge in [0.1, 0.15) is 11.6 Å². The molecule has 0 aromatic heterocycles. The molecule has 8 nitrogen and oxygen atoms in total. The summed E-state index contributed by atoms with van der Waals surface area (Å²) in [5.41, 5.74) is 2.68. The van der Waals surface area contributed by atoms with E-state index in [0.29, 0.717) is 23.4 Å². The fourth-order valence-electron chi connectivity index (χ4n) is 3.45. The zero-order chi connectivity index (χ0) is 23.5. The minimum atomic E-state index is -0.931. The van der Waals surface area contributed by atoms with E-state index in [4.69, 9.17) is 14.7 Å². The number of nitriles is 1. The first kappa shape index (κ1) is 22.8. The molecule has 2 aromatic carbocycles. The highest BCUT2D eigenvalue weighted by molar-refractivity contribution is 6.10. The van der Waals surface area contributed by atoms with Crippen LogP contribution in [0, 0.1) is 11.3 Å². The van der Waals surface area contributed by atoms with Crippen LogP contribution in [0.5, 0.6) is 0 Å². The summed E-state index contributed by atoms with van der Waals surface area (Å²) in [6.07, 6.45) is -0.527. The first-order valence-electron chi connectivity index (χ1n) is 10.1. The Hall–Kier alpha value is -3.86. The van der Waals surface area contributed by atoms with Crippen LogP contribution >= 0.6 is 0 Å². The number of nitrogens with one attached hydrogen (secondary N) is 1. The van der Waals surface area contributed by atoms with Gasteiger partial charge in [0.15, 0.2) is 0 Å². The van der Waals surface area contributed by atoms with Crippen molar-refractivity contribution < 1.29 is 23.9 Å². The van der Waals surface area contributed by atoms with E-state index in [1.54, 1.807) is 62.1 Å². The number of alkyl carbamates (subject to hydrolysis) is 1. The molecule has 0 spiro atoms. The summed E-state index contributed by atoms with van der Waals surface area (Å²) in [7, 11) is 1.25. The zero-order valence-electron chi connectivity index (χ0n) is 18.5. The number of benzene rings is 2. The van der Waals surface area contributed by atoms with Gasteiger partial charge >= 0.3 is 12.1 Å². The highest BCUT2D eigenvalue weighted by atomic mass is 16.6. The van der Waals surface area contributed by atoms with Crippen molar-refractivity contribution in [3.05, 3.63) is 64.7 Å². The van der Waals surface area contributed by atoms with Crippen LogP contribution in [0.25, 0.3) is 0 Å². The molecule has 0 unspecified atom stereocenters. The third-order valence-corrected chi connectivity index (χ3v) is 4.90. The topological polar surface area (TPSA) is 109 Å². The lowest BCUT2D eigenvalue weighted by atomic mass is 10.0. The Balaban J connectivity index is 1.76. The molecule has 8 heteroatoms. The highest BCUT2D eigenvalue weighted by Crippen LogP contribution is 2.29. The van der Waals surface area contributed by atoms with Crippen LogP contribution in [-0.4, -0.2) is 36.7 Å². The molecule has 0 fully saturated rings. The number of hydrogen-bond acceptors (Lipinski definition) is 6. The number of nitrogens with zero attached hydrogens (tertiary/aromatic N) is 2. The van der Waals surface area contributed by atoms with Gasteiger partial charge in [-0.25, -0.2) is 9.59 Å². The van der Waals surface area contributed by atoms with Crippen molar-refractivity contribution in [3.8, 4) is 6.07 Å². The number of anilines is 1. The molecule has 166 valence electrons. The van der Waals surface area contributed by atoms with Crippen molar-refractivity contribution in [1.29, 1.82) is 5.26 Å². The summed E-state index contributed by atoms with van der Waals surface area (Å²) in [5, 5.41) is 11.5. The van der Waals surface area contributed by atoms with Gasteiger partial charge in [0, 0.05) is 17.7 Å². The summed E-state index contributed by atoms with van der Waals surface area (Å²) < 4.78 is 10.1. The minimum Gasteiger partial charge on any atom is -0.467 e. The van der Waals surface area contributed by atoms with Crippen molar-refractivity contribution in [3.63, 3.8) is 0 Å². The zero-order valence-corrected chi connectivity index (χ0v) is 18.5. The van der Waals surface area contributed by atoms with Gasteiger partial charge < -0.3 is 19.7 Å². The molecule has 0 bridgehead atoms. The van der Waals surface area contributed by atoms with Crippen molar-refractivity contribution in [1.82, 2.24) is 5.32 Å². The van der Waals surface area contributed by atoms with Crippen molar-refractivity contribution in [2.45, 2.75) is 45.4 Å². The maximum atomic E-state index is 12.8. The van der Waals surface area contributed by atoms with Crippen LogP contribution in [0.2, 0.25) is 0 Å². The van der Waals surface area contributed by atoms with Gasteiger partial charge in [0.2, 0.25) is 0 Å². The van der Waals surface area contributed by atoms with E-state index < -0.39 is 23.7 Å². The Labute approximate surface area is 186 Å². The van der Waals surface area contributed by atoms with Crippen molar-refractivity contribution in [2.24, 2.45) is 0 Å². The second-order valence-corrected chi connectivity index (χ2v) is 8.47. The summed E-state index contributed by atoms with van der Waals surface area (Å²) in [4.78, 5) is 38.8. The summed E-state index contributed by atoms with van der Waals surface area (Å²) >= 11 is 0. The maximum Gasteiger partial charge on any atom is 0.408 e. The largest absolute Gasteiger partial charge is 0.467 e. The van der Waals surface area contributed by atoms with E-state index in [9.17, 15) is 14.4 Å². The molecular formula is C24H25N3O5. The van der Waals surface area contributed by atoms with Crippen LogP contribution in [0.1, 0.15) is 47.8 Å². The Bertz CT molecular complexity index is 1080. The number of carbonyl (C=O) groups excluding carboxylic acids is 3. The molecule has 1 heterocycles. The van der Waals surface area contributed by atoms with E-state index in [1.165, 1.54) is 7.11 Å². The van der Waals surface area contributed by atoms with E-state index in [1.807, 2.05) is 6.07 Å². The number of amides is 2. The van der Waals surface area contributed by atoms with Crippen LogP contribution in [0.4, 0.5) is 10.5 Å². The first-order valence-corrected chi connectivity index (χ1v) is 10.1. The third kappa shape index (κ3) is 5.24. The van der Waals surface area contributed by atoms with Gasteiger partial charge in [0.05, 0.1) is 25.3 Å². The van der Waals surface area contributed by atoms with Gasteiger partial charge in [-0.1, -0.05) is 12.1 Å². The van der Waals surface area contributed by atoms with E-state index in [0.717, 1.165) is 11.1 Å². The number of methoxy groups -OCH3 is 1. The maximum absolute atomic E-state index is 12.8. The van der Waals surface area contributed by atoms with Crippen LogP contribution < -0.4 is 10.2 Å². The molecule has 0 saturated heterocycles. The van der Waals surface area contributed by atoms with Crippen LogP contribution in [-0.2, 0) is 27.2 Å². The minimum absolute atomic E-state index is 0.132. The molecule has 1 aliphatic heterocycles. The average molecular weight is 435 g/mol. The predicted molar refractivity (Wildman–Crippen MR) is 117 cm³/mol. The van der Waals surface area contributed by atoms with Crippen LogP contribution in [0.3, 0.4) is 0 Å². The standard InChI is InChI=1S/C24H25N3O5/c1-24(2,3)32-23(30)26-20(22(29)31-4)12-16-7-10-19-17(11-16)14-27(21(19)28)18-8-5-15(13-25)6-9-18/h5-11,20H,12,14H2,1-4H3,(H,26,30)/t20-/m0/s1. The molecular weight excluding hydrogens is 410 g/mol. The summed E-state index contributed by atoms with van der Waals surface area (Å²) in [6, 6.07) is 13.3. The normalized spacial score (nSPS) is 13.7. The Morgan fingerprint density at radius 3 is 2.47 bits per heavy atom. The number of esters is 1. The lowest BCUT2D eigenvalue weighted by molar-refractivity contribution is -0.143. The molecule has 3 rings (SSSR count). The Morgan fingerprint density at radius 2 is 1.88 bits per heavy atom. The highest BCUT2D eigenvalue weighted by Gasteiger charge is 2.30. The molecule has 0 radical (unpaired) electrons. The van der Waals surface area contributed by atoms with Gasteiger partial charge in [-0.15, -0.1) is 0 Å². The van der Waals surface area contributed by atoms with Gasteiger partial charge in [-0.05, 0) is 62.2 Å². The van der Waals surface area contributed by atoms with Gasteiger partial charge in [0.25, 0.3) is 5.91 Å². The molecule has 0 saturated carbocycles. The molecule has 1 N–H and O–H groups in total. The average Bonchev–Trinajstić information content (AvgIpc) is 3.07. The Kier molecular flexibility index (Phi) is 6.49. The second-order valence-electron chi connectivity index (χ2n) is 8.47. The monoisotopic (exact) mass is 435 g/mol. The quantitative estimate of drug-likeness (QED) is 0.722. The molecule has 2 amide bonds. The lowest BCUT2D eigenvalue weighted by Gasteiger charge is -2.22. The number of rotatable bonds is 5. The SMILES string of the molecule is COC(=O)[C@H](Cc1ccc2c(c1)CN(c1ccc(C#N)cc1)C2=O)NC(=O)OC(C)(C)C. The van der Waals surface area contributed by atoms with Crippen molar-refractivity contribution >= 4 is 23.7 Å². The molecule has 0 aliphatic carbocycles. The van der Waals surface area contributed by atoms with Gasteiger partial charge in [-0.2, -0.15) is 5.26 Å². The number of ether oxygens (including phenoxy) is 2. The van der Waals surface area contributed by atoms with E-state index in [-0.39, 0.29) is 12.3 Å². The Morgan fingerprint density at radius 1 is 1.19 bits per heavy atom. The number of carbonyl (C=O) groups is 3.